The lowest BCUT2D eigenvalue weighted by atomic mass is 9.97. The van der Waals surface area contributed by atoms with E-state index in [4.69, 9.17) is 4.74 Å². The van der Waals surface area contributed by atoms with Crippen molar-refractivity contribution in [2.75, 3.05) is 26.2 Å². The van der Waals surface area contributed by atoms with Crippen LogP contribution in [0.15, 0.2) is 12.1 Å². The number of hydrogen-bond donors (Lipinski definition) is 0. The van der Waals surface area contributed by atoms with Crippen LogP contribution in [0.4, 0.5) is 5.69 Å². The fourth-order valence-corrected chi connectivity index (χ4v) is 2.22. The predicted molar refractivity (Wildman–Crippen MR) is 71.1 cm³/mol. The normalized spacial score (nSPS) is 13.8. The molecule has 0 saturated carbocycles. The second-order valence-electron chi connectivity index (χ2n) is 4.45. The van der Waals surface area contributed by atoms with Crippen molar-refractivity contribution >= 4 is 23.3 Å². The molecule has 6 nitrogen and oxygen atoms in total. The molecular formula is C14H15NO5. The van der Waals surface area contributed by atoms with Crippen LogP contribution in [-0.4, -0.2) is 38.9 Å². The van der Waals surface area contributed by atoms with Crippen molar-refractivity contribution in [3.63, 3.8) is 0 Å². The van der Waals surface area contributed by atoms with Gasteiger partial charge in [0.15, 0.2) is 0 Å². The molecule has 1 amide bonds. The number of amides is 1. The Kier molecular flexibility index (Phi) is 3.74. The van der Waals surface area contributed by atoms with Crippen LogP contribution in [0.5, 0.6) is 5.75 Å². The minimum absolute atomic E-state index is 0.0286. The molecule has 1 aliphatic heterocycles. The first-order valence-electron chi connectivity index (χ1n) is 6.09. The smallest absolute Gasteiger partial charge is 0.379 e. The number of ketones is 1. The minimum atomic E-state index is -0.965. The second-order valence-corrected chi connectivity index (χ2v) is 4.45. The average molecular weight is 277 g/mol. The van der Waals surface area contributed by atoms with E-state index in [-0.39, 0.29) is 11.5 Å². The van der Waals surface area contributed by atoms with Gasteiger partial charge in [-0.25, -0.2) is 4.79 Å². The third-order valence-corrected chi connectivity index (χ3v) is 3.36. The number of benzene rings is 1. The van der Waals surface area contributed by atoms with E-state index in [9.17, 15) is 14.4 Å². The quantitative estimate of drug-likeness (QED) is 0.467. The predicted octanol–water partition coefficient (Wildman–Crippen LogP) is 0.960. The lowest BCUT2D eigenvalue weighted by molar-refractivity contribution is -0.135. The van der Waals surface area contributed by atoms with Crippen LogP contribution >= 0.6 is 0 Å². The van der Waals surface area contributed by atoms with E-state index in [1.165, 1.54) is 18.1 Å². The Morgan fingerprint density at radius 3 is 2.50 bits per heavy atom. The zero-order chi connectivity index (χ0) is 14.9. The van der Waals surface area contributed by atoms with Crippen molar-refractivity contribution in [1.29, 1.82) is 0 Å². The SMILES string of the molecule is COC(=O)C(=O)c1cc2c(cc1OC)CCC(=O)N2C. The molecule has 20 heavy (non-hydrogen) atoms. The zero-order valence-electron chi connectivity index (χ0n) is 11.6. The summed E-state index contributed by atoms with van der Waals surface area (Å²) in [5.41, 5.74) is 1.62. The summed E-state index contributed by atoms with van der Waals surface area (Å²) in [4.78, 5) is 36.5. The fraction of sp³-hybridized carbons (Fsp3) is 0.357. The van der Waals surface area contributed by atoms with Gasteiger partial charge in [0, 0.05) is 19.2 Å². The number of Topliss-reactive ketones (excluding diaryl/α,β-unsaturated/α-hetero) is 1. The molecule has 0 radical (unpaired) electrons. The molecule has 0 saturated heterocycles. The average Bonchev–Trinajstić information content (AvgIpc) is 2.48. The number of methoxy groups -OCH3 is 2. The molecule has 2 rings (SSSR count). The molecular weight excluding hydrogens is 262 g/mol. The monoisotopic (exact) mass is 277 g/mol. The molecule has 0 spiro atoms. The number of rotatable bonds is 3. The lowest BCUT2D eigenvalue weighted by Gasteiger charge is -2.26. The van der Waals surface area contributed by atoms with Gasteiger partial charge in [-0.3, -0.25) is 9.59 Å². The molecule has 1 aromatic rings. The molecule has 0 aliphatic carbocycles. The van der Waals surface area contributed by atoms with Gasteiger partial charge in [-0.2, -0.15) is 0 Å². The Morgan fingerprint density at radius 2 is 1.90 bits per heavy atom. The van der Waals surface area contributed by atoms with Gasteiger partial charge in [-0.05, 0) is 24.1 Å². The van der Waals surface area contributed by atoms with E-state index in [0.29, 0.717) is 24.3 Å². The fourth-order valence-electron chi connectivity index (χ4n) is 2.22. The Hall–Kier alpha value is -2.37. The Bertz CT molecular complexity index is 593. The molecule has 1 aromatic carbocycles. The van der Waals surface area contributed by atoms with Crippen LogP contribution in [0.2, 0.25) is 0 Å². The number of hydrogen-bond acceptors (Lipinski definition) is 5. The highest BCUT2D eigenvalue weighted by Gasteiger charge is 2.27. The van der Waals surface area contributed by atoms with Gasteiger partial charge in [-0.15, -0.1) is 0 Å². The highest BCUT2D eigenvalue weighted by atomic mass is 16.5. The summed E-state index contributed by atoms with van der Waals surface area (Å²) >= 11 is 0. The first-order valence-corrected chi connectivity index (χ1v) is 6.09. The van der Waals surface area contributed by atoms with E-state index >= 15 is 0 Å². The summed E-state index contributed by atoms with van der Waals surface area (Å²) in [7, 11) is 4.20. The molecule has 106 valence electrons. The maximum atomic E-state index is 12.0. The molecule has 0 unspecified atom stereocenters. The summed E-state index contributed by atoms with van der Waals surface area (Å²) in [6, 6.07) is 3.19. The minimum Gasteiger partial charge on any atom is -0.496 e. The lowest BCUT2D eigenvalue weighted by Crippen LogP contribution is -2.31. The van der Waals surface area contributed by atoms with Gasteiger partial charge in [0.25, 0.3) is 5.78 Å². The van der Waals surface area contributed by atoms with Crippen LogP contribution in [0.1, 0.15) is 22.3 Å². The third-order valence-electron chi connectivity index (χ3n) is 3.36. The van der Waals surface area contributed by atoms with Crippen molar-refractivity contribution in [3.8, 4) is 5.75 Å². The summed E-state index contributed by atoms with van der Waals surface area (Å²) in [6.07, 6.45) is 0.999. The summed E-state index contributed by atoms with van der Waals surface area (Å²) < 4.78 is 9.59. The Balaban J connectivity index is 2.55. The van der Waals surface area contributed by atoms with Gasteiger partial charge in [-0.1, -0.05) is 0 Å². The third kappa shape index (κ3) is 2.24. The maximum Gasteiger partial charge on any atom is 0.379 e. The number of carbonyl (C=O) groups excluding carboxylic acids is 3. The highest BCUT2D eigenvalue weighted by Crippen LogP contribution is 2.33. The van der Waals surface area contributed by atoms with Crippen LogP contribution in [0, 0.1) is 0 Å². The van der Waals surface area contributed by atoms with E-state index < -0.39 is 11.8 Å². The first kappa shape index (κ1) is 14.0. The number of ether oxygens (including phenoxy) is 2. The number of nitrogens with zero attached hydrogens (tertiary/aromatic N) is 1. The molecule has 0 aromatic heterocycles. The molecule has 0 bridgehead atoms. The van der Waals surface area contributed by atoms with E-state index in [2.05, 4.69) is 4.74 Å². The number of fused-ring (bicyclic) bond motifs is 1. The Morgan fingerprint density at radius 1 is 1.20 bits per heavy atom. The maximum absolute atomic E-state index is 12.0. The standard InChI is InChI=1S/C14H15NO5/c1-15-10-7-9(13(17)14(18)20-3)11(19-2)6-8(10)4-5-12(15)16/h6-7H,4-5H2,1-3H3. The Labute approximate surface area is 116 Å². The van der Waals surface area contributed by atoms with Gasteiger partial charge >= 0.3 is 5.97 Å². The first-order chi connectivity index (χ1) is 9.49. The number of esters is 1. The summed E-state index contributed by atoms with van der Waals surface area (Å²) in [5, 5.41) is 0. The van der Waals surface area contributed by atoms with Gasteiger partial charge < -0.3 is 14.4 Å². The topological polar surface area (TPSA) is 72.9 Å². The molecule has 0 N–H and O–H groups in total. The largest absolute Gasteiger partial charge is 0.496 e. The second kappa shape index (κ2) is 5.32. The highest BCUT2D eigenvalue weighted by molar-refractivity contribution is 6.41. The number of anilines is 1. The molecule has 0 atom stereocenters. The van der Waals surface area contributed by atoms with Gasteiger partial charge in [0.1, 0.15) is 5.75 Å². The van der Waals surface area contributed by atoms with Gasteiger partial charge in [0.05, 0.1) is 19.8 Å². The van der Waals surface area contributed by atoms with Crippen molar-refractivity contribution < 1.29 is 23.9 Å². The molecule has 0 fully saturated rings. The van der Waals surface area contributed by atoms with Crippen molar-refractivity contribution in [2.24, 2.45) is 0 Å². The van der Waals surface area contributed by atoms with Crippen LogP contribution in [0.25, 0.3) is 0 Å². The van der Waals surface area contributed by atoms with Crippen LogP contribution in [-0.2, 0) is 20.7 Å². The van der Waals surface area contributed by atoms with E-state index in [1.807, 2.05) is 0 Å². The number of aryl methyl sites for hydroxylation is 1. The zero-order valence-corrected chi connectivity index (χ0v) is 11.6. The molecule has 1 heterocycles. The molecule has 6 heteroatoms. The van der Waals surface area contributed by atoms with E-state index in [1.54, 1.807) is 13.1 Å². The molecule has 1 aliphatic rings. The van der Waals surface area contributed by atoms with Crippen molar-refractivity contribution in [1.82, 2.24) is 0 Å². The van der Waals surface area contributed by atoms with Crippen molar-refractivity contribution in [2.45, 2.75) is 12.8 Å². The van der Waals surface area contributed by atoms with E-state index in [0.717, 1.165) is 12.7 Å². The van der Waals surface area contributed by atoms with Crippen molar-refractivity contribution in [3.05, 3.63) is 23.3 Å². The summed E-state index contributed by atoms with van der Waals surface area (Å²) in [6.45, 7) is 0. The number of carbonyl (C=O) groups is 3. The van der Waals surface area contributed by atoms with Crippen LogP contribution < -0.4 is 9.64 Å². The van der Waals surface area contributed by atoms with Gasteiger partial charge in [0.2, 0.25) is 5.91 Å². The van der Waals surface area contributed by atoms with Crippen LogP contribution in [0.3, 0.4) is 0 Å². The summed E-state index contributed by atoms with van der Waals surface area (Å²) in [5.74, 6) is -1.48.